The van der Waals surface area contributed by atoms with Gasteiger partial charge in [-0.25, -0.2) is 0 Å². The lowest BCUT2D eigenvalue weighted by molar-refractivity contribution is 0.766. The third kappa shape index (κ3) is 2.90. The Kier molecular flexibility index (Phi) is 4.09. The molecule has 0 radical (unpaired) electrons. The summed E-state index contributed by atoms with van der Waals surface area (Å²) in [6.07, 6.45) is 0. The molecule has 0 aromatic carbocycles. The number of thioether (sulfide) groups is 1. The van der Waals surface area contributed by atoms with Crippen molar-refractivity contribution in [1.82, 2.24) is 14.8 Å². The molecular weight excluding hydrogens is 229 g/mol. The molecule has 0 N–H and O–H groups in total. The van der Waals surface area contributed by atoms with Crippen LogP contribution in [0.15, 0.2) is 15.7 Å². The van der Waals surface area contributed by atoms with Crippen molar-refractivity contribution in [1.29, 1.82) is 0 Å². The maximum atomic E-state index is 5.73. The summed E-state index contributed by atoms with van der Waals surface area (Å²) >= 11 is 12.6. The van der Waals surface area contributed by atoms with Crippen molar-refractivity contribution < 1.29 is 0 Å². The van der Waals surface area contributed by atoms with E-state index in [0.717, 1.165) is 11.0 Å². The molecular formula is C7H9Cl2N3S. The monoisotopic (exact) mass is 237 g/mol. The van der Waals surface area contributed by atoms with Crippen LogP contribution in [0, 0.1) is 6.92 Å². The van der Waals surface area contributed by atoms with E-state index in [1.165, 1.54) is 17.3 Å². The van der Waals surface area contributed by atoms with Crippen molar-refractivity contribution in [3.63, 3.8) is 0 Å². The molecule has 0 aliphatic carbocycles. The molecule has 13 heavy (non-hydrogen) atoms. The Hall–Kier alpha value is -0.190. The van der Waals surface area contributed by atoms with Crippen LogP contribution in [0.4, 0.5) is 0 Å². The molecule has 1 heterocycles. The minimum absolute atomic E-state index is 0.604. The fourth-order valence-electron chi connectivity index (χ4n) is 0.678. The van der Waals surface area contributed by atoms with Crippen LogP contribution in [0.25, 0.3) is 0 Å². The highest BCUT2D eigenvalue weighted by Crippen LogP contribution is 2.20. The van der Waals surface area contributed by atoms with Crippen molar-refractivity contribution >= 4 is 35.0 Å². The van der Waals surface area contributed by atoms with Crippen LogP contribution in [0.3, 0.4) is 0 Å². The minimum Gasteiger partial charge on any atom is -0.309 e. The largest absolute Gasteiger partial charge is 0.309 e. The minimum atomic E-state index is 0.604. The number of rotatable bonds is 3. The molecule has 0 saturated heterocycles. The topological polar surface area (TPSA) is 30.7 Å². The Balaban J connectivity index is 2.60. The molecule has 0 spiro atoms. The van der Waals surface area contributed by atoms with Gasteiger partial charge in [-0.1, -0.05) is 35.0 Å². The lowest BCUT2D eigenvalue weighted by Crippen LogP contribution is -1.94. The average Bonchev–Trinajstić information content (AvgIpc) is 2.44. The number of nitrogens with zero attached hydrogens (tertiary/aromatic N) is 3. The number of hydrogen-bond acceptors (Lipinski definition) is 3. The average molecular weight is 238 g/mol. The van der Waals surface area contributed by atoms with Crippen LogP contribution in [-0.2, 0) is 7.05 Å². The highest BCUT2D eigenvalue weighted by molar-refractivity contribution is 7.99. The van der Waals surface area contributed by atoms with Gasteiger partial charge in [-0.2, -0.15) is 0 Å². The first-order valence-electron chi connectivity index (χ1n) is 3.58. The second-order valence-corrected chi connectivity index (χ2v) is 4.08. The summed E-state index contributed by atoms with van der Waals surface area (Å²) in [5, 5.41) is 9.33. The normalized spacial score (nSPS) is 12.2. The fourth-order valence-corrected chi connectivity index (χ4v) is 1.79. The van der Waals surface area contributed by atoms with Gasteiger partial charge in [-0.05, 0) is 6.92 Å². The fraction of sp³-hybridized carbons (Fsp3) is 0.429. The molecule has 1 rings (SSSR count). The first kappa shape index (κ1) is 10.9. The van der Waals surface area contributed by atoms with E-state index in [2.05, 4.69) is 10.2 Å². The van der Waals surface area contributed by atoms with Crippen LogP contribution in [-0.4, -0.2) is 20.5 Å². The number of aromatic nitrogens is 3. The highest BCUT2D eigenvalue weighted by Gasteiger charge is 2.05. The van der Waals surface area contributed by atoms with E-state index in [9.17, 15) is 0 Å². The van der Waals surface area contributed by atoms with Crippen molar-refractivity contribution in [2.24, 2.45) is 7.05 Å². The van der Waals surface area contributed by atoms with Gasteiger partial charge in [0.1, 0.15) is 5.82 Å². The molecule has 0 aliphatic heterocycles. The Morgan fingerprint density at radius 2 is 2.31 bits per heavy atom. The summed E-state index contributed by atoms with van der Waals surface area (Å²) in [7, 11) is 1.91. The van der Waals surface area contributed by atoms with Crippen molar-refractivity contribution in [2.45, 2.75) is 12.1 Å². The maximum absolute atomic E-state index is 5.73. The second kappa shape index (κ2) is 4.88. The molecule has 0 fully saturated rings. The Morgan fingerprint density at radius 3 is 2.77 bits per heavy atom. The summed E-state index contributed by atoms with van der Waals surface area (Å²) in [5.74, 6) is 1.50. The molecule has 0 atom stereocenters. The van der Waals surface area contributed by atoms with Gasteiger partial charge >= 0.3 is 0 Å². The molecule has 1 aromatic heterocycles. The van der Waals surface area contributed by atoms with E-state index in [1.807, 2.05) is 18.5 Å². The summed E-state index contributed by atoms with van der Waals surface area (Å²) < 4.78 is 1.91. The first-order valence-corrected chi connectivity index (χ1v) is 5.38. The van der Waals surface area contributed by atoms with Crippen LogP contribution < -0.4 is 0 Å². The number of hydrogen-bond donors (Lipinski definition) is 0. The molecule has 0 unspecified atom stereocenters. The molecule has 0 bridgehead atoms. The van der Waals surface area contributed by atoms with Crippen LogP contribution in [0.1, 0.15) is 5.82 Å². The molecule has 72 valence electrons. The van der Waals surface area contributed by atoms with E-state index in [4.69, 9.17) is 23.2 Å². The highest BCUT2D eigenvalue weighted by atomic mass is 35.5. The zero-order valence-corrected chi connectivity index (χ0v) is 9.62. The molecule has 0 amide bonds. The van der Waals surface area contributed by atoms with Crippen molar-refractivity contribution in [2.75, 3.05) is 5.75 Å². The standard InChI is InChI=1S/C7H9Cl2N3S/c1-5-10-11-7(12(5)2)13-4-6(9)3-8/h3H,4H2,1-2H3/b6-3-. The summed E-state index contributed by atoms with van der Waals surface area (Å²) in [4.78, 5) is 0. The van der Waals surface area contributed by atoms with E-state index >= 15 is 0 Å². The van der Waals surface area contributed by atoms with Crippen LogP contribution in [0.2, 0.25) is 0 Å². The van der Waals surface area contributed by atoms with Gasteiger partial charge in [0.2, 0.25) is 0 Å². The molecule has 0 saturated carbocycles. The third-order valence-corrected chi connectivity index (χ3v) is 3.36. The van der Waals surface area contributed by atoms with Gasteiger partial charge in [0, 0.05) is 23.4 Å². The van der Waals surface area contributed by atoms with E-state index in [0.29, 0.717) is 10.8 Å². The van der Waals surface area contributed by atoms with E-state index in [1.54, 1.807) is 0 Å². The Morgan fingerprint density at radius 1 is 1.62 bits per heavy atom. The zero-order chi connectivity index (χ0) is 9.84. The maximum Gasteiger partial charge on any atom is 0.191 e. The van der Waals surface area contributed by atoms with Crippen molar-refractivity contribution in [3.05, 3.63) is 16.4 Å². The summed E-state index contributed by atoms with van der Waals surface area (Å²) in [6.45, 7) is 1.90. The van der Waals surface area contributed by atoms with Gasteiger partial charge in [-0.15, -0.1) is 10.2 Å². The molecule has 0 aliphatic rings. The SMILES string of the molecule is Cc1nnc(SC/C(Cl)=C/Cl)n1C. The number of halogens is 2. The van der Waals surface area contributed by atoms with E-state index < -0.39 is 0 Å². The smallest absolute Gasteiger partial charge is 0.191 e. The van der Waals surface area contributed by atoms with Gasteiger partial charge in [-0.3, -0.25) is 0 Å². The second-order valence-electron chi connectivity index (χ2n) is 2.43. The molecule has 3 nitrogen and oxygen atoms in total. The Bertz CT molecular complexity index is 322. The van der Waals surface area contributed by atoms with Gasteiger partial charge in [0.05, 0.1) is 0 Å². The lowest BCUT2D eigenvalue weighted by Gasteiger charge is -1.99. The van der Waals surface area contributed by atoms with Crippen LogP contribution >= 0.6 is 35.0 Å². The molecule has 6 heteroatoms. The Labute approximate surface area is 91.1 Å². The van der Waals surface area contributed by atoms with Gasteiger partial charge in [0.25, 0.3) is 0 Å². The first-order chi connectivity index (χ1) is 6.15. The molecule has 1 aromatic rings. The van der Waals surface area contributed by atoms with Gasteiger partial charge < -0.3 is 4.57 Å². The summed E-state index contributed by atoms with van der Waals surface area (Å²) in [6, 6.07) is 0. The van der Waals surface area contributed by atoms with E-state index in [-0.39, 0.29) is 0 Å². The predicted octanol–water partition coefficient (Wildman–Crippen LogP) is 2.53. The number of aryl methyl sites for hydroxylation is 1. The zero-order valence-electron chi connectivity index (χ0n) is 7.29. The lowest BCUT2D eigenvalue weighted by atomic mass is 10.7. The summed E-state index contributed by atoms with van der Waals surface area (Å²) in [5.41, 5.74) is 1.36. The van der Waals surface area contributed by atoms with Crippen molar-refractivity contribution in [3.8, 4) is 0 Å². The quantitative estimate of drug-likeness (QED) is 0.758. The predicted molar refractivity (Wildman–Crippen MR) is 56.3 cm³/mol. The van der Waals surface area contributed by atoms with Gasteiger partial charge in [0.15, 0.2) is 5.16 Å². The van der Waals surface area contributed by atoms with Crippen LogP contribution in [0.5, 0.6) is 0 Å². The third-order valence-electron chi connectivity index (χ3n) is 1.51.